The van der Waals surface area contributed by atoms with Crippen LogP contribution in [-0.2, 0) is 10.2 Å². The summed E-state index contributed by atoms with van der Waals surface area (Å²) in [7, 11) is -3.45. The zero-order valence-corrected chi connectivity index (χ0v) is 11.4. The van der Waals surface area contributed by atoms with Crippen LogP contribution in [0.5, 0.6) is 0 Å². The van der Waals surface area contributed by atoms with Gasteiger partial charge in [0.25, 0.3) is 10.2 Å². The molecule has 1 aliphatic heterocycles. The molecule has 0 aliphatic carbocycles. The topological polar surface area (TPSA) is 81.7 Å². The molecule has 3 N–H and O–H groups in total. The van der Waals surface area contributed by atoms with Crippen LogP contribution < -0.4 is 10.0 Å². The van der Waals surface area contributed by atoms with Crippen LogP contribution in [0.25, 0.3) is 0 Å². The van der Waals surface area contributed by atoms with Gasteiger partial charge in [0.15, 0.2) is 0 Å². The Kier molecular flexibility index (Phi) is 5.33. The van der Waals surface area contributed by atoms with Gasteiger partial charge in [0.05, 0.1) is 5.60 Å². The van der Waals surface area contributed by atoms with Crippen molar-refractivity contribution in [1.29, 1.82) is 0 Å². The van der Waals surface area contributed by atoms with E-state index in [-0.39, 0.29) is 6.54 Å². The summed E-state index contributed by atoms with van der Waals surface area (Å²) in [5.74, 6) is 0. The Labute approximate surface area is 104 Å². The first-order valence-electron chi connectivity index (χ1n) is 6.05. The van der Waals surface area contributed by atoms with Crippen molar-refractivity contribution < 1.29 is 13.5 Å². The van der Waals surface area contributed by atoms with Gasteiger partial charge in [-0.15, -0.1) is 0 Å². The maximum Gasteiger partial charge on any atom is 0.279 e. The Morgan fingerprint density at radius 1 is 1.41 bits per heavy atom. The molecule has 0 spiro atoms. The second-order valence-corrected chi connectivity index (χ2v) is 6.48. The molecule has 1 rings (SSSR count). The normalized spacial score (nSPS) is 22.3. The average molecular weight is 265 g/mol. The number of piperazine rings is 1. The molecule has 0 radical (unpaired) electrons. The van der Waals surface area contributed by atoms with E-state index in [1.54, 1.807) is 6.92 Å². The van der Waals surface area contributed by atoms with Gasteiger partial charge >= 0.3 is 0 Å². The fourth-order valence-corrected chi connectivity index (χ4v) is 3.19. The zero-order valence-electron chi connectivity index (χ0n) is 10.6. The number of nitrogens with one attached hydrogen (secondary N) is 2. The van der Waals surface area contributed by atoms with Gasteiger partial charge < -0.3 is 10.4 Å². The summed E-state index contributed by atoms with van der Waals surface area (Å²) in [6, 6.07) is 0. The highest BCUT2D eigenvalue weighted by molar-refractivity contribution is 7.87. The van der Waals surface area contributed by atoms with Crippen molar-refractivity contribution in [3.63, 3.8) is 0 Å². The summed E-state index contributed by atoms with van der Waals surface area (Å²) >= 11 is 0. The molecule has 0 amide bonds. The lowest BCUT2D eigenvalue weighted by Gasteiger charge is -2.29. The van der Waals surface area contributed by atoms with E-state index in [0.717, 1.165) is 6.42 Å². The molecule has 1 heterocycles. The molecule has 17 heavy (non-hydrogen) atoms. The third-order valence-electron chi connectivity index (χ3n) is 2.84. The van der Waals surface area contributed by atoms with Gasteiger partial charge in [-0.3, -0.25) is 0 Å². The van der Waals surface area contributed by atoms with Crippen molar-refractivity contribution in [2.75, 3.05) is 32.7 Å². The molecule has 0 aromatic heterocycles. The Hall–Kier alpha value is -0.210. The van der Waals surface area contributed by atoms with Gasteiger partial charge in [0.2, 0.25) is 0 Å². The van der Waals surface area contributed by atoms with E-state index in [0.29, 0.717) is 32.6 Å². The van der Waals surface area contributed by atoms with Gasteiger partial charge in [-0.1, -0.05) is 13.3 Å². The van der Waals surface area contributed by atoms with Crippen LogP contribution in [0.1, 0.15) is 26.7 Å². The van der Waals surface area contributed by atoms with Gasteiger partial charge in [0.1, 0.15) is 0 Å². The second kappa shape index (κ2) is 6.10. The summed E-state index contributed by atoms with van der Waals surface area (Å²) in [5, 5.41) is 13.0. The standard InChI is InChI=1S/C10H23N3O3S/c1-3-4-10(2,14)9-12-17(15,16)13-7-5-11-6-8-13/h11-12,14H,3-9H2,1-2H3. The first-order chi connectivity index (χ1) is 7.87. The minimum atomic E-state index is -3.45. The van der Waals surface area contributed by atoms with Crippen LogP contribution in [0.3, 0.4) is 0 Å². The molecule has 0 aromatic carbocycles. The van der Waals surface area contributed by atoms with Gasteiger partial charge in [0, 0.05) is 32.7 Å². The predicted octanol–water partition coefficient (Wildman–Crippen LogP) is -0.723. The summed E-state index contributed by atoms with van der Waals surface area (Å²) in [6.45, 7) is 5.97. The molecule has 0 bridgehead atoms. The van der Waals surface area contributed by atoms with E-state index in [9.17, 15) is 13.5 Å². The fraction of sp³-hybridized carbons (Fsp3) is 1.00. The fourth-order valence-electron chi connectivity index (χ4n) is 1.85. The Morgan fingerprint density at radius 3 is 2.53 bits per heavy atom. The lowest BCUT2D eigenvalue weighted by molar-refractivity contribution is 0.0550. The van der Waals surface area contributed by atoms with Gasteiger partial charge in [-0.25, -0.2) is 0 Å². The highest BCUT2D eigenvalue weighted by Gasteiger charge is 2.27. The van der Waals surface area contributed by atoms with Crippen molar-refractivity contribution in [2.24, 2.45) is 0 Å². The minimum Gasteiger partial charge on any atom is -0.389 e. The van der Waals surface area contributed by atoms with Crippen molar-refractivity contribution in [1.82, 2.24) is 14.3 Å². The van der Waals surface area contributed by atoms with Crippen molar-refractivity contribution >= 4 is 10.2 Å². The van der Waals surface area contributed by atoms with Gasteiger partial charge in [-0.2, -0.15) is 17.4 Å². The molecular weight excluding hydrogens is 242 g/mol. The minimum absolute atomic E-state index is 0.0626. The van der Waals surface area contributed by atoms with E-state index in [1.165, 1.54) is 4.31 Å². The first kappa shape index (κ1) is 14.8. The van der Waals surface area contributed by atoms with Crippen LogP contribution >= 0.6 is 0 Å². The van der Waals surface area contributed by atoms with Crippen LogP contribution in [0.2, 0.25) is 0 Å². The van der Waals surface area contributed by atoms with Crippen LogP contribution in [0.15, 0.2) is 0 Å². The summed E-state index contributed by atoms with van der Waals surface area (Å²) in [6.07, 6.45) is 1.40. The van der Waals surface area contributed by atoms with Crippen LogP contribution in [-0.4, -0.2) is 56.2 Å². The average Bonchev–Trinajstić information content (AvgIpc) is 2.28. The first-order valence-corrected chi connectivity index (χ1v) is 7.49. The molecule has 0 saturated carbocycles. The maximum absolute atomic E-state index is 11.9. The quantitative estimate of drug-likeness (QED) is 0.592. The van der Waals surface area contributed by atoms with Crippen molar-refractivity contribution in [2.45, 2.75) is 32.3 Å². The SMILES string of the molecule is CCCC(C)(O)CNS(=O)(=O)N1CCNCC1. The third kappa shape index (κ3) is 4.89. The molecule has 0 aromatic rings. The lowest BCUT2D eigenvalue weighted by atomic mass is 10.0. The van der Waals surface area contributed by atoms with E-state index >= 15 is 0 Å². The second-order valence-electron chi connectivity index (χ2n) is 4.72. The van der Waals surface area contributed by atoms with E-state index in [1.807, 2.05) is 6.92 Å². The molecule has 1 fully saturated rings. The third-order valence-corrected chi connectivity index (χ3v) is 4.39. The number of hydrogen-bond acceptors (Lipinski definition) is 4. The zero-order chi connectivity index (χ0) is 12.9. The Morgan fingerprint density at radius 2 is 2.00 bits per heavy atom. The van der Waals surface area contributed by atoms with Crippen LogP contribution in [0, 0.1) is 0 Å². The molecule has 7 heteroatoms. The van der Waals surface area contributed by atoms with Crippen LogP contribution in [0.4, 0.5) is 0 Å². The maximum atomic E-state index is 11.9. The molecule has 1 unspecified atom stereocenters. The number of aliphatic hydroxyl groups is 1. The molecule has 1 saturated heterocycles. The van der Waals surface area contributed by atoms with E-state index in [4.69, 9.17) is 0 Å². The largest absolute Gasteiger partial charge is 0.389 e. The van der Waals surface area contributed by atoms with E-state index in [2.05, 4.69) is 10.0 Å². The Balaban J connectivity index is 2.49. The smallest absolute Gasteiger partial charge is 0.279 e. The monoisotopic (exact) mass is 265 g/mol. The van der Waals surface area contributed by atoms with Gasteiger partial charge in [-0.05, 0) is 13.3 Å². The number of rotatable bonds is 6. The molecule has 1 atom stereocenters. The summed E-state index contributed by atoms with van der Waals surface area (Å²) in [4.78, 5) is 0. The van der Waals surface area contributed by atoms with Crippen molar-refractivity contribution in [3.05, 3.63) is 0 Å². The summed E-state index contributed by atoms with van der Waals surface area (Å²) < 4.78 is 27.7. The molecule has 1 aliphatic rings. The molecule has 102 valence electrons. The van der Waals surface area contributed by atoms with Crippen molar-refractivity contribution in [3.8, 4) is 0 Å². The number of hydrogen-bond donors (Lipinski definition) is 3. The van der Waals surface area contributed by atoms with E-state index < -0.39 is 15.8 Å². The lowest BCUT2D eigenvalue weighted by Crippen LogP contribution is -2.52. The molecule has 6 nitrogen and oxygen atoms in total. The highest BCUT2D eigenvalue weighted by atomic mass is 32.2. The summed E-state index contributed by atoms with van der Waals surface area (Å²) in [5.41, 5.74) is -0.976. The Bertz CT molecular complexity index is 324. The molecular formula is C10H23N3O3S. The highest BCUT2D eigenvalue weighted by Crippen LogP contribution is 2.11. The number of nitrogens with zero attached hydrogens (tertiary/aromatic N) is 1. The predicted molar refractivity (Wildman–Crippen MR) is 66.9 cm³/mol.